The fraction of sp³-hybridized carbons (Fsp3) is 0.200. The molecule has 0 radical (unpaired) electrons. The predicted molar refractivity (Wildman–Crippen MR) is 63.4 cm³/mol. The van der Waals surface area contributed by atoms with Gasteiger partial charge in [0.2, 0.25) is 0 Å². The van der Waals surface area contributed by atoms with Gasteiger partial charge in [0.05, 0.1) is 6.21 Å². The van der Waals surface area contributed by atoms with Gasteiger partial charge in [0.25, 0.3) is 0 Å². The van der Waals surface area contributed by atoms with Gasteiger partial charge in [0, 0.05) is 18.2 Å². The molecule has 0 amide bonds. The van der Waals surface area contributed by atoms with Gasteiger partial charge in [-0.2, -0.15) is 5.10 Å². The predicted octanol–water partition coefficient (Wildman–Crippen LogP) is 1.78. The Morgan fingerprint density at radius 2 is 2.25 bits per heavy atom. The van der Waals surface area contributed by atoms with E-state index in [-0.39, 0.29) is 5.56 Å². The molecule has 0 unspecified atom stereocenters. The summed E-state index contributed by atoms with van der Waals surface area (Å²) in [6.45, 7) is 2.56. The van der Waals surface area contributed by atoms with Crippen LogP contribution in [0.4, 0.5) is 8.78 Å². The third-order valence-electron chi connectivity index (χ3n) is 1.67. The molecule has 16 heavy (non-hydrogen) atoms. The second-order valence-corrected chi connectivity index (χ2v) is 3.30. The van der Waals surface area contributed by atoms with E-state index in [1.54, 1.807) is 0 Å². The lowest BCUT2D eigenvalue weighted by molar-refractivity contribution is 0.582. The first kappa shape index (κ1) is 12.5. The first-order chi connectivity index (χ1) is 7.63. The van der Waals surface area contributed by atoms with Crippen LogP contribution in [-0.4, -0.2) is 17.9 Å². The van der Waals surface area contributed by atoms with Crippen molar-refractivity contribution in [1.82, 2.24) is 10.7 Å². The largest absolute Gasteiger partial charge is 0.362 e. The molecule has 1 rings (SSSR count). The average molecular weight is 243 g/mol. The molecule has 0 aliphatic heterocycles. The second kappa shape index (κ2) is 6.12. The molecule has 0 saturated heterocycles. The van der Waals surface area contributed by atoms with Crippen LogP contribution >= 0.6 is 12.2 Å². The number of rotatable bonds is 3. The molecule has 0 aliphatic carbocycles. The smallest absolute Gasteiger partial charge is 0.186 e. The number of thiocarbonyl (C=S) groups is 1. The number of halogens is 2. The van der Waals surface area contributed by atoms with E-state index in [0.29, 0.717) is 11.7 Å². The SMILES string of the molecule is CCNC(=S)NN=Cc1ccc(F)cc1F. The number of hydrogen-bond acceptors (Lipinski definition) is 2. The fourth-order valence-corrected chi connectivity index (χ4v) is 1.16. The summed E-state index contributed by atoms with van der Waals surface area (Å²) in [7, 11) is 0. The summed E-state index contributed by atoms with van der Waals surface area (Å²) in [6, 6.07) is 3.25. The van der Waals surface area contributed by atoms with Gasteiger partial charge in [-0.3, -0.25) is 5.43 Å². The molecule has 0 aliphatic rings. The number of nitrogens with zero attached hydrogens (tertiary/aromatic N) is 1. The molecule has 0 atom stereocenters. The van der Waals surface area contributed by atoms with Crippen LogP contribution in [-0.2, 0) is 0 Å². The van der Waals surface area contributed by atoms with Crippen LogP contribution in [0, 0.1) is 11.6 Å². The Kier molecular flexibility index (Phi) is 4.78. The third kappa shape index (κ3) is 3.90. The lowest BCUT2D eigenvalue weighted by atomic mass is 10.2. The molecule has 0 aromatic heterocycles. The maximum absolute atomic E-state index is 13.1. The zero-order chi connectivity index (χ0) is 12.0. The van der Waals surface area contributed by atoms with E-state index in [1.165, 1.54) is 12.3 Å². The van der Waals surface area contributed by atoms with Crippen molar-refractivity contribution in [2.75, 3.05) is 6.54 Å². The maximum Gasteiger partial charge on any atom is 0.186 e. The highest BCUT2D eigenvalue weighted by atomic mass is 32.1. The van der Waals surface area contributed by atoms with E-state index in [2.05, 4.69) is 15.8 Å². The summed E-state index contributed by atoms with van der Waals surface area (Å²) < 4.78 is 25.7. The quantitative estimate of drug-likeness (QED) is 0.482. The van der Waals surface area contributed by atoms with E-state index >= 15 is 0 Å². The van der Waals surface area contributed by atoms with Crippen molar-refractivity contribution < 1.29 is 8.78 Å². The van der Waals surface area contributed by atoms with Crippen molar-refractivity contribution in [3.8, 4) is 0 Å². The summed E-state index contributed by atoms with van der Waals surface area (Å²) in [4.78, 5) is 0. The molecule has 1 aromatic rings. The molecule has 6 heteroatoms. The van der Waals surface area contributed by atoms with E-state index in [0.717, 1.165) is 12.1 Å². The van der Waals surface area contributed by atoms with Gasteiger partial charge in [-0.25, -0.2) is 8.78 Å². The Hall–Kier alpha value is -1.56. The zero-order valence-electron chi connectivity index (χ0n) is 8.63. The van der Waals surface area contributed by atoms with Crippen LogP contribution in [0.5, 0.6) is 0 Å². The first-order valence-electron chi connectivity index (χ1n) is 4.65. The van der Waals surface area contributed by atoms with Crippen molar-refractivity contribution in [3.05, 3.63) is 35.4 Å². The Morgan fingerprint density at radius 1 is 1.50 bits per heavy atom. The molecule has 86 valence electrons. The van der Waals surface area contributed by atoms with E-state index in [4.69, 9.17) is 12.2 Å². The summed E-state index contributed by atoms with van der Waals surface area (Å²) in [5, 5.41) is 6.87. The summed E-state index contributed by atoms with van der Waals surface area (Å²) in [5.41, 5.74) is 2.69. The average Bonchev–Trinajstić information content (AvgIpc) is 2.22. The maximum atomic E-state index is 13.1. The van der Waals surface area contributed by atoms with Crippen molar-refractivity contribution in [2.24, 2.45) is 5.10 Å². The van der Waals surface area contributed by atoms with E-state index in [9.17, 15) is 8.78 Å². The molecule has 0 heterocycles. The van der Waals surface area contributed by atoms with Gasteiger partial charge in [0.1, 0.15) is 11.6 Å². The number of benzene rings is 1. The highest BCUT2D eigenvalue weighted by Gasteiger charge is 2.00. The van der Waals surface area contributed by atoms with Gasteiger partial charge in [0.15, 0.2) is 5.11 Å². The lowest BCUT2D eigenvalue weighted by Crippen LogP contribution is -2.31. The van der Waals surface area contributed by atoms with Crippen molar-refractivity contribution >= 4 is 23.5 Å². The molecule has 2 N–H and O–H groups in total. The van der Waals surface area contributed by atoms with Crippen LogP contribution < -0.4 is 10.7 Å². The highest BCUT2D eigenvalue weighted by Crippen LogP contribution is 2.06. The molecular weight excluding hydrogens is 232 g/mol. The third-order valence-corrected chi connectivity index (χ3v) is 1.91. The lowest BCUT2D eigenvalue weighted by Gasteiger charge is -2.02. The zero-order valence-corrected chi connectivity index (χ0v) is 9.44. The fourth-order valence-electron chi connectivity index (χ4n) is 0.967. The summed E-state index contributed by atoms with van der Waals surface area (Å²) in [6.07, 6.45) is 1.23. The second-order valence-electron chi connectivity index (χ2n) is 2.90. The Labute approximate surface area is 97.5 Å². The molecule has 3 nitrogen and oxygen atoms in total. The van der Waals surface area contributed by atoms with Crippen LogP contribution in [0.3, 0.4) is 0 Å². The Morgan fingerprint density at radius 3 is 2.88 bits per heavy atom. The number of hydrogen-bond donors (Lipinski definition) is 2. The van der Waals surface area contributed by atoms with Gasteiger partial charge in [-0.05, 0) is 31.3 Å². The Balaban J connectivity index is 2.59. The molecular formula is C10H11F2N3S. The normalized spacial score (nSPS) is 10.4. The topological polar surface area (TPSA) is 36.4 Å². The molecule has 1 aromatic carbocycles. The van der Waals surface area contributed by atoms with Gasteiger partial charge < -0.3 is 5.32 Å². The van der Waals surface area contributed by atoms with Crippen LogP contribution in [0.2, 0.25) is 0 Å². The standard InChI is InChI=1S/C10H11F2N3S/c1-2-13-10(16)15-14-6-7-3-4-8(11)5-9(7)12/h3-6H,2H2,1H3,(H2,13,15,16). The van der Waals surface area contributed by atoms with E-state index in [1.807, 2.05) is 6.92 Å². The van der Waals surface area contributed by atoms with Gasteiger partial charge in [-0.15, -0.1) is 0 Å². The molecule has 0 bridgehead atoms. The van der Waals surface area contributed by atoms with Crippen LogP contribution in [0.1, 0.15) is 12.5 Å². The first-order valence-corrected chi connectivity index (χ1v) is 5.06. The number of nitrogens with one attached hydrogen (secondary N) is 2. The minimum absolute atomic E-state index is 0.188. The highest BCUT2D eigenvalue weighted by molar-refractivity contribution is 7.80. The van der Waals surface area contributed by atoms with Crippen molar-refractivity contribution in [1.29, 1.82) is 0 Å². The minimum atomic E-state index is -0.667. The van der Waals surface area contributed by atoms with Crippen molar-refractivity contribution in [3.63, 3.8) is 0 Å². The minimum Gasteiger partial charge on any atom is -0.362 e. The van der Waals surface area contributed by atoms with Gasteiger partial charge >= 0.3 is 0 Å². The van der Waals surface area contributed by atoms with Gasteiger partial charge in [-0.1, -0.05) is 0 Å². The van der Waals surface area contributed by atoms with Crippen LogP contribution in [0.25, 0.3) is 0 Å². The molecule has 0 spiro atoms. The molecule has 0 saturated carbocycles. The monoisotopic (exact) mass is 243 g/mol. The number of hydrazone groups is 1. The molecule has 0 fully saturated rings. The summed E-state index contributed by atoms with van der Waals surface area (Å²) in [5.74, 6) is -1.29. The van der Waals surface area contributed by atoms with E-state index < -0.39 is 11.6 Å². The summed E-state index contributed by atoms with van der Waals surface area (Å²) >= 11 is 4.83. The Bertz CT molecular complexity index is 407. The van der Waals surface area contributed by atoms with Crippen LogP contribution in [0.15, 0.2) is 23.3 Å². The van der Waals surface area contributed by atoms with Crippen molar-refractivity contribution in [2.45, 2.75) is 6.92 Å².